The Kier molecular flexibility index (Phi) is 8.45. The number of amides is 1. The van der Waals surface area contributed by atoms with Crippen LogP contribution in [-0.4, -0.2) is 48.5 Å². The SMILES string of the molecule is CC1=NN(c2ccc(C)cc2)C(=O)/C1=C\c1c(O)c(O)c(C(C)C)c2cc(C)c(-c3c(C)cc4c(C(C)C)c(O)c(O)c(C=O)c4c3O)c(O)c12. The van der Waals surface area contributed by atoms with Crippen LogP contribution in [-0.2, 0) is 4.79 Å². The highest BCUT2D eigenvalue weighted by Crippen LogP contribution is 2.55. The molecule has 0 fully saturated rings. The number of fused-ring (bicyclic) bond motifs is 2. The van der Waals surface area contributed by atoms with Gasteiger partial charge in [0.15, 0.2) is 29.3 Å². The van der Waals surface area contributed by atoms with Gasteiger partial charge in [0, 0.05) is 38.6 Å². The molecule has 5 aromatic rings. The molecule has 10 nitrogen and oxygen atoms in total. The summed E-state index contributed by atoms with van der Waals surface area (Å²) in [5.74, 6) is -3.92. The molecular weight excluding hydrogens is 648 g/mol. The van der Waals surface area contributed by atoms with Crippen molar-refractivity contribution in [3.8, 4) is 45.6 Å². The molecule has 6 rings (SSSR count). The minimum Gasteiger partial charge on any atom is -0.507 e. The number of hydrogen-bond acceptors (Lipinski definition) is 9. The second kappa shape index (κ2) is 12.4. The molecule has 5 aromatic carbocycles. The van der Waals surface area contributed by atoms with Crippen LogP contribution in [0.2, 0.25) is 0 Å². The third-order valence-corrected chi connectivity index (χ3v) is 9.74. The lowest BCUT2D eigenvalue weighted by Gasteiger charge is -2.23. The normalized spacial score (nSPS) is 14.2. The molecule has 1 aliphatic heterocycles. The van der Waals surface area contributed by atoms with Gasteiger partial charge >= 0.3 is 0 Å². The lowest BCUT2D eigenvalue weighted by atomic mass is 9.83. The average molecular weight is 689 g/mol. The van der Waals surface area contributed by atoms with Crippen molar-refractivity contribution < 1.29 is 40.2 Å². The van der Waals surface area contributed by atoms with Crippen molar-refractivity contribution in [3.63, 3.8) is 0 Å². The maximum Gasteiger partial charge on any atom is 0.280 e. The largest absolute Gasteiger partial charge is 0.507 e. The van der Waals surface area contributed by atoms with Crippen LogP contribution >= 0.6 is 0 Å². The molecule has 1 heterocycles. The lowest BCUT2D eigenvalue weighted by molar-refractivity contribution is -0.114. The first kappa shape index (κ1) is 34.8. The molecule has 0 aromatic heterocycles. The number of phenols is 6. The molecule has 0 aliphatic carbocycles. The number of carbonyl (C=O) groups excluding carboxylic acids is 2. The standard InChI is InChI=1S/C41H40N2O8/c1-17(2)29-25-13-20(6)31(32-21(7)14-26-30(18(3)4)40(50)36(46)28(16-44)34(26)38(32)48)37(47)33(25)27(35(45)39(29)49)15-24-22(8)42-43(41(24)51)23-11-9-19(5)10-12-23/h9-18,45-50H,1-8H3/b24-15-. The fourth-order valence-corrected chi connectivity index (χ4v) is 7.32. The van der Waals surface area contributed by atoms with E-state index in [0.29, 0.717) is 50.7 Å². The Balaban J connectivity index is 1.71. The molecule has 0 saturated carbocycles. The predicted molar refractivity (Wildman–Crippen MR) is 200 cm³/mol. The van der Waals surface area contributed by atoms with Crippen molar-refractivity contribution >= 4 is 51.2 Å². The quantitative estimate of drug-likeness (QED) is 0.0584. The topological polar surface area (TPSA) is 171 Å². The molecule has 6 N–H and O–H groups in total. The van der Waals surface area contributed by atoms with Gasteiger partial charge in [-0.1, -0.05) is 57.5 Å². The van der Waals surface area contributed by atoms with Gasteiger partial charge in [-0.15, -0.1) is 0 Å². The number of hydrogen-bond donors (Lipinski definition) is 6. The molecule has 0 spiro atoms. The van der Waals surface area contributed by atoms with Crippen LogP contribution < -0.4 is 5.01 Å². The van der Waals surface area contributed by atoms with Gasteiger partial charge in [0.1, 0.15) is 11.5 Å². The average Bonchev–Trinajstić information content (AvgIpc) is 3.34. The summed E-state index contributed by atoms with van der Waals surface area (Å²) >= 11 is 0. The van der Waals surface area contributed by atoms with E-state index in [-0.39, 0.29) is 56.2 Å². The summed E-state index contributed by atoms with van der Waals surface area (Å²) in [6.45, 7) is 14.3. The number of carbonyl (C=O) groups is 2. The highest BCUT2D eigenvalue weighted by atomic mass is 16.3. The third-order valence-electron chi connectivity index (χ3n) is 9.74. The Morgan fingerprint density at radius 3 is 1.55 bits per heavy atom. The fourth-order valence-electron chi connectivity index (χ4n) is 7.32. The molecule has 1 aliphatic rings. The monoisotopic (exact) mass is 688 g/mol. The zero-order chi connectivity index (χ0) is 37.4. The Hall–Kier alpha value is -6.03. The molecule has 0 unspecified atom stereocenters. The lowest BCUT2D eigenvalue weighted by Crippen LogP contribution is -2.21. The van der Waals surface area contributed by atoms with Crippen LogP contribution in [0.5, 0.6) is 34.5 Å². The van der Waals surface area contributed by atoms with Crippen molar-refractivity contribution in [1.29, 1.82) is 0 Å². The first-order valence-corrected chi connectivity index (χ1v) is 16.6. The molecule has 0 bridgehead atoms. The first-order chi connectivity index (χ1) is 24.0. The molecule has 1 amide bonds. The van der Waals surface area contributed by atoms with E-state index in [1.54, 1.807) is 58.9 Å². The molecule has 51 heavy (non-hydrogen) atoms. The number of aryl methyl sites for hydroxylation is 3. The van der Waals surface area contributed by atoms with Crippen molar-refractivity contribution in [2.75, 3.05) is 5.01 Å². The van der Waals surface area contributed by atoms with Crippen molar-refractivity contribution in [1.82, 2.24) is 0 Å². The molecule has 0 saturated heterocycles. The number of anilines is 1. The smallest absolute Gasteiger partial charge is 0.280 e. The van der Waals surface area contributed by atoms with Gasteiger partial charge in [-0.25, -0.2) is 0 Å². The number of benzene rings is 5. The van der Waals surface area contributed by atoms with E-state index >= 15 is 0 Å². The number of nitrogens with zero attached hydrogens (tertiary/aromatic N) is 2. The Morgan fingerprint density at radius 2 is 1.10 bits per heavy atom. The van der Waals surface area contributed by atoms with Crippen LogP contribution in [0.25, 0.3) is 38.7 Å². The summed E-state index contributed by atoms with van der Waals surface area (Å²) < 4.78 is 0. The Bertz CT molecular complexity index is 2400. The molecule has 10 heteroatoms. The minimum absolute atomic E-state index is 0.00171. The van der Waals surface area contributed by atoms with Crippen LogP contribution in [0.4, 0.5) is 5.69 Å². The van der Waals surface area contributed by atoms with E-state index in [9.17, 15) is 40.2 Å². The van der Waals surface area contributed by atoms with E-state index in [1.165, 1.54) is 11.1 Å². The minimum atomic E-state index is -0.667. The van der Waals surface area contributed by atoms with Gasteiger partial charge in [-0.05, 0) is 79.6 Å². The summed E-state index contributed by atoms with van der Waals surface area (Å²) in [6.07, 6.45) is 1.75. The van der Waals surface area contributed by atoms with Crippen LogP contribution in [0.1, 0.15) is 90.2 Å². The van der Waals surface area contributed by atoms with Crippen LogP contribution in [0, 0.1) is 20.8 Å². The molecule has 262 valence electrons. The van der Waals surface area contributed by atoms with Gasteiger partial charge in [-0.2, -0.15) is 10.1 Å². The summed E-state index contributed by atoms with van der Waals surface area (Å²) in [7, 11) is 0. The van der Waals surface area contributed by atoms with Gasteiger partial charge in [-0.3, -0.25) is 9.59 Å². The number of phenolic OH excluding ortho intramolecular Hbond substituents is 6. The fraction of sp³-hybridized carbons (Fsp3) is 0.244. The second-order valence-corrected chi connectivity index (χ2v) is 13.9. The zero-order valence-electron chi connectivity index (χ0n) is 29.7. The first-order valence-electron chi connectivity index (χ1n) is 16.6. The molecule has 0 radical (unpaired) electrons. The van der Waals surface area contributed by atoms with Crippen LogP contribution in [0.3, 0.4) is 0 Å². The summed E-state index contributed by atoms with van der Waals surface area (Å²) in [6, 6.07) is 10.7. The van der Waals surface area contributed by atoms with E-state index < -0.39 is 34.7 Å². The summed E-state index contributed by atoms with van der Waals surface area (Å²) in [5, 5.41) is 75.5. The van der Waals surface area contributed by atoms with Gasteiger partial charge < -0.3 is 30.6 Å². The Labute approximate surface area is 294 Å². The van der Waals surface area contributed by atoms with Crippen molar-refractivity contribution in [2.24, 2.45) is 5.10 Å². The van der Waals surface area contributed by atoms with E-state index in [1.807, 2.05) is 32.9 Å². The van der Waals surface area contributed by atoms with Gasteiger partial charge in [0.2, 0.25) is 0 Å². The van der Waals surface area contributed by atoms with Crippen molar-refractivity contribution in [2.45, 2.75) is 67.2 Å². The highest BCUT2D eigenvalue weighted by molar-refractivity contribution is 6.32. The van der Waals surface area contributed by atoms with E-state index in [2.05, 4.69) is 5.10 Å². The van der Waals surface area contributed by atoms with E-state index in [0.717, 1.165) is 5.56 Å². The predicted octanol–water partition coefficient (Wildman–Crippen LogP) is 8.68. The Morgan fingerprint density at radius 1 is 0.647 bits per heavy atom. The van der Waals surface area contributed by atoms with Crippen molar-refractivity contribution in [3.05, 3.63) is 80.9 Å². The maximum atomic E-state index is 13.8. The van der Waals surface area contributed by atoms with Gasteiger partial charge in [0.25, 0.3) is 5.91 Å². The molecule has 0 atom stereocenters. The zero-order valence-corrected chi connectivity index (χ0v) is 29.7. The number of hydrazone groups is 1. The number of rotatable bonds is 6. The maximum absolute atomic E-state index is 13.8. The summed E-state index contributed by atoms with van der Waals surface area (Å²) in [5.41, 5.74) is 3.66. The second-order valence-electron chi connectivity index (χ2n) is 13.9. The van der Waals surface area contributed by atoms with Gasteiger partial charge in [0.05, 0.1) is 22.5 Å². The highest BCUT2D eigenvalue weighted by Gasteiger charge is 2.33. The number of aromatic hydroxyl groups is 6. The third kappa shape index (κ3) is 5.21. The molecular formula is C41H40N2O8. The van der Waals surface area contributed by atoms with Crippen LogP contribution in [0.15, 0.2) is 47.1 Å². The summed E-state index contributed by atoms with van der Waals surface area (Å²) in [4.78, 5) is 26.1. The number of aldehydes is 1. The van der Waals surface area contributed by atoms with E-state index in [4.69, 9.17) is 0 Å².